The maximum atomic E-state index is 12.6. The molecule has 0 bridgehead atoms. The summed E-state index contributed by atoms with van der Waals surface area (Å²) >= 11 is 0. The fourth-order valence-electron chi connectivity index (χ4n) is 2.48. The lowest BCUT2D eigenvalue weighted by Crippen LogP contribution is -2.19. The van der Waals surface area contributed by atoms with Crippen molar-refractivity contribution in [3.8, 4) is 34.5 Å². The molecule has 0 aliphatic carbocycles. The molecule has 2 aromatic rings. The van der Waals surface area contributed by atoms with Gasteiger partial charge in [-0.2, -0.15) is 0 Å². The van der Waals surface area contributed by atoms with E-state index in [1.54, 1.807) is 0 Å². The summed E-state index contributed by atoms with van der Waals surface area (Å²) in [6.07, 6.45) is 1.48. The monoisotopic (exact) mass is 330 g/mol. The molecular weight excluding hydrogens is 316 g/mol. The number of phenols is 4. The molecule has 0 saturated heterocycles. The molecule has 4 N–H and O–H groups in total. The Balaban J connectivity index is 2.06. The van der Waals surface area contributed by atoms with E-state index in [9.17, 15) is 25.2 Å². The van der Waals surface area contributed by atoms with E-state index in [0.717, 1.165) is 6.07 Å². The quantitative estimate of drug-likeness (QED) is 0.492. The Labute approximate surface area is 136 Å². The standard InChI is InChI=1S/C17H14O7/c1-23-16-13(21)6-12(20)14-15(22)9(7-24-17(14)16)4-8-2-3-10(18)11(19)5-8/h2-6,18-21H,7H2,1H3. The maximum Gasteiger partial charge on any atom is 0.204 e. The van der Waals surface area contributed by atoms with E-state index in [-0.39, 0.29) is 46.5 Å². The van der Waals surface area contributed by atoms with Gasteiger partial charge in [0.25, 0.3) is 0 Å². The molecular formula is C17H14O7. The second-order valence-corrected chi connectivity index (χ2v) is 5.19. The van der Waals surface area contributed by atoms with Gasteiger partial charge in [0.05, 0.1) is 7.11 Å². The van der Waals surface area contributed by atoms with E-state index < -0.39 is 11.5 Å². The summed E-state index contributed by atoms with van der Waals surface area (Å²) in [6.45, 7) is -0.104. The minimum atomic E-state index is -0.486. The second kappa shape index (κ2) is 5.69. The molecule has 0 radical (unpaired) electrons. The van der Waals surface area contributed by atoms with Crippen molar-refractivity contribution >= 4 is 11.9 Å². The van der Waals surface area contributed by atoms with Crippen molar-refractivity contribution in [2.75, 3.05) is 13.7 Å². The van der Waals surface area contributed by atoms with Crippen molar-refractivity contribution in [3.63, 3.8) is 0 Å². The number of Topliss-reactive ketones (excluding diaryl/α,β-unsaturated/α-hetero) is 1. The minimum Gasteiger partial charge on any atom is -0.507 e. The molecule has 24 heavy (non-hydrogen) atoms. The SMILES string of the molecule is COc1c(O)cc(O)c2c1OCC(=Cc1ccc(O)c(O)c1)C2=O. The number of fused-ring (bicyclic) bond motifs is 1. The number of aromatic hydroxyl groups is 4. The summed E-state index contributed by atoms with van der Waals surface area (Å²) in [5.41, 5.74) is 0.603. The van der Waals surface area contributed by atoms with Crippen molar-refractivity contribution in [1.29, 1.82) is 0 Å². The highest BCUT2D eigenvalue weighted by molar-refractivity contribution is 6.16. The zero-order chi connectivity index (χ0) is 17.4. The number of carbonyl (C=O) groups is 1. The summed E-state index contributed by atoms with van der Waals surface area (Å²) in [4.78, 5) is 12.6. The van der Waals surface area contributed by atoms with Crippen LogP contribution in [0.2, 0.25) is 0 Å². The van der Waals surface area contributed by atoms with Gasteiger partial charge >= 0.3 is 0 Å². The number of methoxy groups -OCH3 is 1. The largest absolute Gasteiger partial charge is 0.507 e. The zero-order valence-corrected chi connectivity index (χ0v) is 12.6. The summed E-state index contributed by atoms with van der Waals surface area (Å²) in [6, 6.07) is 5.11. The zero-order valence-electron chi connectivity index (χ0n) is 12.6. The van der Waals surface area contributed by atoms with Gasteiger partial charge in [-0.1, -0.05) is 6.07 Å². The van der Waals surface area contributed by atoms with Gasteiger partial charge in [-0.15, -0.1) is 0 Å². The van der Waals surface area contributed by atoms with E-state index in [1.807, 2.05) is 0 Å². The van der Waals surface area contributed by atoms with E-state index in [4.69, 9.17) is 9.47 Å². The Kier molecular flexibility index (Phi) is 3.69. The molecule has 0 spiro atoms. The first-order chi connectivity index (χ1) is 11.4. The summed E-state index contributed by atoms with van der Waals surface area (Å²) in [5, 5.41) is 38.6. The number of hydrogen-bond donors (Lipinski definition) is 4. The van der Waals surface area contributed by atoms with E-state index in [2.05, 4.69) is 0 Å². The molecule has 7 heteroatoms. The molecule has 3 rings (SSSR count). The molecule has 0 amide bonds. The third-order valence-corrected chi connectivity index (χ3v) is 3.63. The average Bonchev–Trinajstić information content (AvgIpc) is 2.53. The van der Waals surface area contributed by atoms with Crippen LogP contribution in [0.15, 0.2) is 29.8 Å². The highest BCUT2D eigenvalue weighted by atomic mass is 16.5. The van der Waals surface area contributed by atoms with Crippen LogP contribution in [-0.4, -0.2) is 39.9 Å². The molecule has 7 nitrogen and oxygen atoms in total. The molecule has 0 fully saturated rings. The fraction of sp³-hybridized carbons (Fsp3) is 0.118. The van der Waals surface area contributed by atoms with Gasteiger partial charge in [-0.05, 0) is 23.8 Å². The van der Waals surface area contributed by atoms with E-state index >= 15 is 0 Å². The predicted molar refractivity (Wildman–Crippen MR) is 83.9 cm³/mol. The number of benzene rings is 2. The van der Waals surface area contributed by atoms with Crippen LogP contribution in [0.4, 0.5) is 0 Å². The molecule has 1 heterocycles. The van der Waals surface area contributed by atoms with Crippen LogP contribution in [0.25, 0.3) is 6.08 Å². The number of rotatable bonds is 2. The normalized spacial score (nSPS) is 15.0. The minimum absolute atomic E-state index is 0.0225. The number of phenolic OH excluding ortho intramolecular Hbond substituents is 4. The van der Waals surface area contributed by atoms with Gasteiger partial charge in [-0.25, -0.2) is 0 Å². The Morgan fingerprint density at radius 2 is 1.79 bits per heavy atom. The van der Waals surface area contributed by atoms with Crippen molar-refractivity contribution in [2.24, 2.45) is 0 Å². The lowest BCUT2D eigenvalue weighted by atomic mass is 9.96. The Bertz CT molecular complexity index is 868. The fourth-order valence-corrected chi connectivity index (χ4v) is 2.48. The molecule has 2 aromatic carbocycles. The average molecular weight is 330 g/mol. The first-order valence-corrected chi connectivity index (χ1v) is 6.95. The number of ketones is 1. The molecule has 0 saturated carbocycles. The second-order valence-electron chi connectivity index (χ2n) is 5.19. The smallest absolute Gasteiger partial charge is 0.204 e. The Morgan fingerprint density at radius 3 is 2.46 bits per heavy atom. The highest BCUT2D eigenvalue weighted by Gasteiger charge is 2.31. The van der Waals surface area contributed by atoms with Gasteiger partial charge in [0.1, 0.15) is 17.9 Å². The van der Waals surface area contributed by atoms with Crippen LogP contribution >= 0.6 is 0 Å². The molecule has 1 aliphatic heterocycles. The van der Waals surface area contributed by atoms with Gasteiger partial charge in [0, 0.05) is 11.6 Å². The van der Waals surface area contributed by atoms with E-state index in [0.29, 0.717) is 5.56 Å². The molecule has 0 unspecified atom stereocenters. The van der Waals surface area contributed by atoms with Crippen LogP contribution in [-0.2, 0) is 0 Å². The van der Waals surface area contributed by atoms with Gasteiger partial charge in [-0.3, -0.25) is 4.79 Å². The number of hydrogen-bond acceptors (Lipinski definition) is 7. The van der Waals surface area contributed by atoms with Gasteiger partial charge < -0.3 is 29.9 Å². The van der Waals surface area contributed by atoms with Crippen molar-refractivity contribution in [3.05, 3.63) is 41.0 Å². The third-order valence-electron chi connectivity index (χ3n) is 3.63. The molecule has 0 atom stereocenters. The van der Waals surface area contributed by atoms with E-state index in [1.165, 1.54) is 31.4 Å². The van der Waals surface area contributed by atoms with Crippen LogP contribution in [0.1, 0.15) is 15.9 Å². The topological polar surface area (TPSA) is 116 Å². The first kappa shape index (κ1) is 15.5. The summed E-state index contributed by atoms with van der Waals surface area (Å²) in [5.74, 6) is -1.89. The number of carbonyl (C=O) groups excluding carboxylic acids is 1. The predicted octanol–water partition coefficient (Wildman–Crippen LogP) is 2.18. The van der Waals surface area contributed by atoms with Crippen molar-refractivity contribution in [2.45, 2.75) is 0 Å². The van der Waals surface area contributed by atoms with Crippen LogP contribution in [0.3, 0.4) is 0 Å². The van der Waals surface area contributed by atoms with Crippen molar-refractivity contribution < 1.29 is 34.7 Å². The summed E-state index contributed by atoms with van der Waals surface area (Å²) < 4.78 is 10.5. The molecule has 1 aliphatic rings. The number of ether oxygens (including phenoxy) is 2. The molecule has 0 aromatic heterocycles. The Hall–Kier alpha value is -3.35. The lowest BCUT2D eigenvalue weighted by Gasteiger charge is -2.22. The van der Waals surface area contributed by atoms with Crippen LogP contribution in [0, 0.1) is 0 Å². The van der Waals surface area contributed by atoms with Crippen LogP contribution < -0.4 is 9.47 Å². The Morgan fingerprint density at radius 1 is 1.04 bits per heavy atom. The van der Waals surface area contributed by atoms with Crippen LogP contribution in [0.5, 0.6) is 34.5 Å². The third kappa shape index (κ3) is 2.45. The van der Waals surface area contributed by atoms with Gasteiger partial charge in [0.2, 0.25) is 5.75 Å². The maximum absolute atomic E-state index is 12.6. The first-order valence-electron chi connectivity index (χ1n) is 6.95. The van der Waals surface area contributed by atoms with Crippen molar-refractivity contribution in [1.82, 2.24) is 0 Å². The lowest BCUT2D eigenvalue weighted by molar-refractivity contribution is 0.0995. The molecule has 124 valence electrons. The summed E-state index contributed by atoms with van der Waals surface area (Å²) in [7, 11) is 1.31. The highest BCUT2D eigenvalue weighted by Crippen LogP contribution is 2.47. The van der Waals surface area contributed by atoms with Gasteiger partial charge in [0.15, 0.2) is 28.8 Å².